The Morgan fingerprint density at radius 3 is 2.49 bits per heavy atom. The molecule has 39 heavy (non-hydrogen) atoms. The average Bonchev–Trinajstić information content (AvgIpc) is 3.19. The maximum Gasteiger partial charge on any atom is 0.342 e. The number of ether oxygens (including phenoxy) is 4. The minimum atomic E-state index is -2.30. The molecule has 3 N–H and O–H groups in total. The Bertz CT molecular complexity index is 1280. The first-order valence-electron chi connectivity index (χ1n) is 14.2. The Balaban J connectivity index is 1.42. The van der Waals surface area contributed by atoms with Crippen molar-refractivity contribution in [2.75, 3.05) is 6.61 Å². The van der Waals surface area contributed by atoms with Crippen molar-refractivity contribution in [1.82, 2.24) is 0 Å². The van der Waals surface area contributed by atoms with Crippen LogP contribution in [0.4, 0.5) is 0 Å². The fourth-order valence-electron chi connectivity index (χ4n) is 10.9. The monoisotopic (exact) mass is 546 g/mol. The van der Waals surface area contributed by atoms with E-state index in [1.165, 1.54) is 0 Å². The summed E-state index contributed by atoms with van der Waals surface area (Å²) in [5.74, 6) is -7.99. The zero-order valence-electron chi connectivity index (χ0n) is 22.2. The molecular formula is C28H34O11. The lowest BCUT2D eigenvalue weighted by Gasteiger charge is -2.64. The van der Waals surface area contributed by atoms with Crippen LogP contribution in [0.2, 0.25) is 0 Å². The molecule has 2 unspecified atom stereocenters. The molecule has 3 saturated carbocycles. The fourth-order valence-corrected chi connectivity index (χ4v) is 10.9. The van der Waals surface area contributed by atoms with Gasteiger partial charge in [-0.1, -0.05) is 6.92 Å². The van der Waals surface area contributed by atoms with Crippen LogP contribution in [-0.2, 0) is 38.1 Å². The average molecular weight is 547 g/mol. The lowest BCUT2D eigenvalue weighted by atomic mass is 9.46. The van der Waals surface area contributed by atoms with Gasteiger partial charge in [0.15, 0.2) is 22.6 Å². The Morgan fingerprint density at radius 1 is 1.00 bits per heavy atom. The normalized spacial score (nSPS) is 62.4. The summed E-state index contributed by atoms with van der Waals surface area (Å²) in [5.41, 5.74) is -10.2. The molecular weight excluding hydrogens is 512 g/mol. The first kappa shape index (κ1) is 24.8. The van der Waals surface area contributed by atoms with Crippen LogP contribution in [0, 0.1) is 34.5 Å². The van der Waals surface area contributed by atoms with E-state index >= 15 is 0 Å². The molecule has 0 amide bonds. The molecule has 8 aliphatic rings. The van der Waals surface area contributed by atoms with Crippen molar-refractivity contribution < 1.29 is 53.4 Å². The molecule has 8 rings (SSSR count). The van der Waals surface area contributed by atoms with Gasteiger partial charge in [-0.3, -0.25) is 14.4 Å². The molecule has 2 spiro atoms. The van der Waals surface area contributed by atoms with Crippen molar-refractivity contribution in [3.05, 3.63) is 0 Å². The van der Waals surface area contributed by atoms with Crippen LogP contribution in [0.5, 0.6) is 0 Å². The van der Waals surface area contributed by atoms with E-state index in [1.54, 1.807) is 20.8 Å². The zero-order chi connectivity index (χ0) is 27.8. The van der Waals surface area contributed by atoms with E-state index in [0.717, 1.165) is 0 Å². The molecule has 5 heterocycles. The predicted octanol–water partition coefficient (Wildman–Crippen LogP) is -0.0534. The first-order valence-corrected chi connectivity index (χ1v) is 14.2. The number of Topliss-reactive ketones (excluding diaryl/α,β-unsaturated/α-hetero) is 2. The second-order valence-electron chi connectivity index (χ2n) is 14.1. The van der Waals surface area contributed by atoms with Crippen LogP contribution < -0.4 is 0 Å². The number of rotatable bonds is 0. The maximum atomic E-state index is 14.9. The van der Waals surface area contributed by atoms with Crippen molar-refractivity contribution in [3.8, 4) is 0 Å². The van der Waals surface area contributed by atoms with Crippen LogP contribution in [-0.4, -0.2) is 85.8 Å². The largest absolute Gasteiger partial charge is 0.458 e. The molecule has 0 aromatic rings. The Labute approximate surface area is 224 Å². The molecule has 13 atom stereocenters. The summed E-state index contributed by atoms with van der Waals surface area (Å²) < 4.78 is 24.9. The summed E-state index contributed by atoms with van der Waals surface area (Å²) in [5, 5.41) is 35.7. The number of aliphatic hydroxyl groups is 3. The van der Waals surface area contributed by atoms with Crippen LogP contribution in [0.15, 0.2) is 0 Å². The minimum absolute atomic E-state index is 0.0855. The van der Waals surface area contributed by atoms with Gasteiger partial charge in [-0.2, -0.15) is 0 Å². The van der Waals surface area contributed by atoms with E-state index in [4.69, 9.17) is 18.9 Å². The van der Waals surface area contributed by atoms with E-state index < -0.39 is 92.6 Å². The number of aliphatic hydroxyl groups excluding tert-OH is 1. The Morgan fingerprint density at radius 2 is 1.74 bits per heavy atom. The number of carbonyl (C=O) groups is 4. The van der Waals surface area contributed by atoms with Crippen LogP contribution in [0.3, 0.4) is 0 Å². The maximum absolute atomic E-state index is 14.9. The summed E-state index contributed by atoms with van der Waals surface area (Å²) in [6.07, 6.45) is -1.45. The molecule has 8 fully saturated rings. The molecule has 11 heteroatoms. The van der Waals surface area contributed by atoms with Crippen molar-refractivity contribution in [3.63, 3.8) is 0 Å². The minimum Gasteiger partial charge on any atom is -0.458 e. The number of esters is 2. The number of hydrogen-bond donors (Lipinski definition) is 3. The zero-order valence-corrected chi connectivity index (χ0v) is 22.2. The van der Waals surface area contributed by atoms with Crippen LogP contribution in [0.25, 0.3) is 0 Å². The topological polar surface area (TPSA) is 166 Å². The second-order valence-corrected chi connectivity index (χ2v) is 14.1. The molecule has 0 aromatic carbocycles. The molecule has 212 valence electrons. The highest BCUT2D eigenvalue weighted by atomic mass is 16.8. The summed E-state index contributed by atoms with van der Waals surface area (Å²) in [6, 6.07) is 0. The van der Waals surface area contributed by atoms with E-state index in [2.05, 4.69) is 0 Å². The number of ketones is 2. The van der Waals surface area contributed by atoms with Gasteiger partial charge < -0.3 is 34.3 Å². The standard InChI is InChI=1S/C28H34O11/c1-22-10-17-24(3)28-18(22)19(31)27(39-28,36-11-14(22)20(32)37-17)13-9-16(30)25(34)7-4-5-15(29)23(25,2)12(13)6-8-26(28,35)21(33)38-24/h12-14,16-18,30,34-35H,4-11H2,1-3H3/t12-,13+,14-,16-,17+,18+,22+,23-,24-,25+,26+,27?,28?/m1/s1. The van der Waals surface area contributed by atoms with Gasteiger partial charge in [-0.25, -0.2) is 4.79 Å². The highest BCUT2D eigenvalue weighted by molar-refractivity contribution is 5.99. The van der Waals surface area contributed by atoms with Crippen molar-refractivity contribution in [2.45, 2.75) is 106 Å². The SMILES string of the molecule is C[C@]12C[C@@H]3OC(=O)[C@H]1COC14OC5([C@H]2C1=O)[C@](O)(CC[C@@H]1[C@@H]4C[C@@H](O)[C@@]2(O)CCCC(=O)[C@@]12C)C(=O)O[C@]35C. The highest BCUT2D eigenvalue weighted by Crippen LogP contribution is 2.75. The third kappa shape index (κ3) is 2.14. The molecule has 3 aliphatic carbocycles. The van der Waals surface area contributed by atoms with E-state index in [9.17, 15) is 34.5 Å². The lowest BCUT2D eigenvalue weighted by molar-refractivity contribution is -0.382. The van der Waals surface area contributed by atoms with E-state index in [-0.39, 0.29) is 50.9 Å². The number of carbonyl (C=O) groups excluding carboxylic acids is 4. The van der Waals surface area contributed by atoms with Crippen LogP contribution in [0.1, 0.15) is 65.7 Å². The number of hydrogen-bond acceptors (Lipinski definition) is 11. The van der Waals surface area contributed by atoms with Gasteiger partial charge in [0.25, 0.3) is 0 Å². The third-order valence-electron chi connectivity index (χ3n) is 13.0. The van der Waals surface area contributed by atoms with Gasteiger partial charge in [-0.15, -0.1) is 0 Å². The third-order valence-corrected chi connectivity index (χ3v) is 13.0. The highest BCUT2D eigenvalue weighted by Gasteiger charge is 2.93. The van der Waals surface area contributed by atoms with Crippen LogP contribution >= 0.6 is 0 Å². The van der Waals surface area contributed by atoms with Crippen molar-refractivity contribution in [1.29, 1.82) is 0 Å². The molecule has 0 radical (unpaired) electrons. The first-order chi connectivity index (χ1) is 18.2. The van der Waals surface area contributed by atoms with Gasteiger partial charge >= 0.3 is 11.9 Å². The van der Waals surface area contributed by atoms with Gasteiger partial charge in [0, 0.05) is 12.3 Å². The Hall–Kier alpha value is -1.92. The van der Waals surface area contributed by atoms with E-state index in [0.29, 0.717) is 6.42 Å². The Kier molecular flexibility index (Phi) is 4.20. The van der Waals surface area contributed by atoms with Crippen molar-refractivity contribution in [2.24, 2.45) is 34.5 Å². The molecule has 5 aliphatic heterocycles. The van der Waals surface area contributed by atoms with Gasteiger partial charge in [0.2, 0.25) is 5.79 Å². The fraction of sp³-hybridized carbons (Fsp3) is 0.857. The van der Waals surface area contributed by atoms with E-state index in [1.807, 2.05) is 0 Å². The smallest absolute Gasteiger partial charge is 0.342 e. The molecule has 5 bridgehead atoms. The van der Waals surface area contributed by atoms with Crippen molar-refractivity contribution >= 4 is 23.5 Å². The summed E-state index contributed by atoms with van der Waals surface area (Å²) in [6.45, 7) is 4.77. The van der Waals surface area contributed by atoms with Gasteiger partial charge in [0.1, 0.15) is 17.5 Å². The molecule has 11 nitrogen and oxygen atoms in total. The second kappa shape index (κ2) is 6.59. The summed E-state index contributed by atoms with van der Waals surface area (Å²) >= 11 is 0. The summed E-state index contributed by atoms with van der Waals surface area (Å²) in [4.78, 5) is 55.6. The summed E-state index contributed by atoms with van der Waals surface area (Å²) in [7, 11) is 0. The molecule has 5 saturated heterocycles. The predicted molar refractivity (Wildman–Crippen MR) is 125 cm³/mol. The van der Waals surface area contributed by atoms with Gasteiger partial charge in [0.05, 0.1) is 30.0 Å². The quantitative estimate of drug-likeness (QED) is 0.349. The lowest BCUT2D eigenvalue weighted by Crippen LogP contribution is -2.79. The number of fused-ring (bicyclic) bond motifs is 5. The molecule has 0 aromatic heterocycles. The van der Waals surface area contributed by atoms with Gasteiger partial charge in [-0.05, 0) is 63.7 Å².